The molecule has 1 N–H and O–H groups in total. The predicted octanol–water partition coefficient (Wildman–Crippen LogP) is 4.75. The monoisotopic (exact) mass is 354 g/mol. The fraction of sp³-hybridized carbons (Fsp3) is 0.200. The van der Waals surface area contributed by atoms with E-state index < -0.39 is 5.95 Å². The average molecular weight is 354 g/mol. The quantitative estimate of drug-likeness (QED) is 0.649. The first kappa shape index (κ1) is 17.3. The minimum Gasteiger partial charge on any atom is -0.340 e. The molecule has 1 unspecified atom stereocenters. The number of hydrogen-bond donors (Lipinski definition) is 1. The lowest BCUT2D eigenvalue weighted by Gasteiger charge is -2.18. The van der Waals surface area contributed by atoms with Gasteiger partial charge in [0.05, 0.1) is 6.04 Å². The zero-order valence-electron chi connectivity index (χ0n) is 13.9. The number of carbonyl (C=O) groups is 1. The van der Waals surface area contributed by atoms with E-state index in [1.54, 1.807) is 11.3 Å². The zero-order chi connectivity index (χ0) is 17.6. The lowest BCUT2D eigenvalue weighted by atomic mass is 10.0. The molecule has 5 heteroatoms. The summed E-state index contributed by atoms with van der Waals surface area (Å²) in [5, 5.41) is 4.99. The molecule has 0 saturated carbocycles. The fourth-order valence-corrected chi connectivity index (χ4v) is 3.50. The first-order valence-corrected chi connectivity index (χ1v) is 9.10. The number of amides is 1. The van der Waals surface area contributed by atoms with E-state index in [1.807, 2.05) is 29.6 Å². The number of pyridine rings is 1. The molecule has 1 amide bonds. The lowest BCUT2D eigenvalue weighted by molar-refractivity contribution is 0.0943. The number of nitrogens with zero attached hydrogens (tertiary/aromatic N) is 1. The van der Waals surface area contributed by atoms with Crippen molar-refractivity contribution in [2.24, 2.45) is 0 Å². The van der Waals surface area contributed by atoms with Crippen molar-refractivity contribution < 1.29 is 9.18 Å². The van der Waals surface area contributed by atoms with Gasteiger partial charge in [-0.15, -0.1) is 11.3 Å². The number of thiophene rings is 1. The molecule has 0 bridgehead atoms. The van der Waals surface area contributed by atoms with E-state index in [9.17, 15) is 9.18 Å². The number of aryl methyl sites for hydroxylation is 1. The molecule has 3 rings (SSSR count). The van der Waals surface area contributed by atoms with Crippen molar-refractivity contribution in [3.8, 4) is 0 Å². The molecule has 0 spiro atoms. The van der Waals surface area contributed by atoms with E-state index in [2.05, 4.69) is 29.4 Å². The molecule has 2 heterocycles. The highest BCUT2D eigenvalue weighted by Crippen LogP contribution is 2.27. The van der Waals surface area contributed by atoms with E-state index in [0.29, 0.717) is 0 Å². The Labute approximate surface area is 150 Å². The molecule has 0 aliphatic rings. The smallest absolute Gasteiger partial charge is 0.252 e. The summed E-state index contributed by atoms with van der Waals surface area (Å²) in [6, 6.07) is 14.6. The lowest BCUT2D eigenvalue weighted by Crippen LogP contribution is -2.29. The van der Waals surface area contributed by atoms with Crippen molar-refractivity contribution >= 4 is 17.2 Å². The van der Waals surface area contributed by atoms with Crippen molar-refractivity contribution in [2.75, 3.05) is 0 Å². The van der Waals surface area contributed by atoms with Gasteiger partial charge in [-0.05, 0) is 35.1 Å². The highest BCUT2D eigenvalue weighted by molar-refractivity contribution is 7.10. The van der Waals surface area contributed by atoms with Crippen molar-refractivity contribution in [1.29, 1.82) is 0 Å². The van der Waals surface area contributed by atoms with Gasteiger partial charge in [-0.3, -0.25) is 4.79 Å². The second-order valence-corrected chi connectivity index (χ2v) is 6.76. The number of carbonyl (C=O) groups excluding carboxylic acids is 1. The zero-order valence-corrected chi connectivity index (χ0v) is 14.7. The van der Waals surface area contributed by atoms with E-state index in [1.165, 1.54) is 17.8 Å². The largest absolute Gasteiger partial charge is 0.340 e. The van der Waals surface area contributed by atoms with Crippen molar-refractivity contribution in [1.82, 2.24) is 10.3 Å². The maximum Gasteiger partial charge on any atom is 0.252 e. The second-order valence-electron chi connectivity index (χ2n) is 5.78. The molecule has 0 saturated heterocycles. The third kappa shape index (κ3) is 4.31. The number of halogens is 1. The molecule has 3 aromatic rings. The van der Waals surface area contributed by atoms with Gasteiger partial charge >= 0.3 is 0 Å². The third-order valence-electron chi connectivity index (χ3n) is 3.94. The summed E-state index contributed by atoms with van der Waals surface area (Å²) in [6.45, 7) is 2.15. The number of rotatable bonds is 6. The number of hydrogen-bond acceptors (Lipinski definition) is 3. The van der Waals surface area contributed by atoms with Gasteiger partial charge in [-0.2, -0.15) is 4.39 Å². The van der Waals surface area contributed by atoms with Crippen LogP contribution in [-0.4, -0.2) is 10.9 Å². The van der Waals surface area contributed by atoms with Crippen LogP contribution in [0.25, 0.3) is 0 Å². The Morgan fingerprint density at radius 1 is 1.24 bits per heavy atom. The van der Waals surface area contributed by atoms with Gasteiger partial charge in [0.2, 0.25) is 5.95 Å². The van der Waals surface area contributed by atoms with Crippen LogP contribution in [0.2, 0.25) is 0 Å². The Hall–Kier alpha value is -2.53. The van der Waals surface area contributed by atoms with Gasteiger partial charge in [-0.25, -0.2) is 4.98 Å². The number of nitrogens with one attached hydrogen (secondary N) is 1. The van der Waals surface area contributed by atoms with Crippen LogP contribution >= 0.6 is 11.3 Å². The first-order valence-electron chi connectivity index (χ1n) is 8.22. The number of benzene rings is 1. The standard InChI is InChI=1S/C20H19FN2OS/c1-2-4-14-6-8-15(9-7-14)19(17-5-3-12-25-17)23-20(24)16-10-11-22-18(21)13-16/h3,5-13,19H,2,4H2,1H3,(H,23,24). The molecular formula is C20H19FN2OS. The molecule has 25 heavy (non-hydrogen) atoms. The SMILES string of the molecule is CCCc1ccc(C(NC(=O)c2ccnc(F)c2)c2cccs2)cc1. The third-order valence-corrected chi connectivity index (χ3v) is 4.88. The number of aromatic nitrogens is 1. The Kier molecular flexibility index (Phi) is 5.56. The van der Waals surface area contributed by atoms with Crippen LogP contribution in [0.1, 0.15) is 45.7 Å². The summed E-state index contributed by atoms with van der Waals surface area (Å²) in [7, 11) is 0. The topological polar surface area (TPSA) is 42.0 Å². The van der Waals surface area contributed by atoms with Gasteiger partial charge in [0.1, 0.15) is 0 Å². The highest BCUT2D eigenvalue weighted by atomic mass is 32.1. The Morgan fingerprint density at radius 3 is 2.68 bits per heavy atom. The Balaban J connectivity index is 1.86. The Morgan fingerprint density at radius 2 is 2.04 bits per heavy atom. The van der Waals surface area contributed by atoms with Crippen LogP contribution in [0.4, 0.5) is 4.39 Å². The molecular weight excluding hydrogens is 335 g/mol. The highest BCUT2D eigenvalue weighted by Gasteiger charge is 2.19. The molecule has 128 valence electrons. The summed E-state index contributed by atoms with van der Waals surface area (Å²) in [6.07, 6.45) is 3.43. The van der Waals surface area contributed by atoms with Crippen LogP contribution in [0.5, 0.6) is 0 Å². The van der Waals surface area contributed by atoms with Crippen LogP contribution in [-0.2, 0) is 6.42 Å². The maximum atomic E-state index is 13.3. The van der Waals surface area contributed by atoms with Crippen LogP contribution < -0.4 is 5.32 Å². The normalized spacial score (nSPS) is 11.9. The van der Waals surface area contributed by atoms with Gasteiger partial charge < -0.3 is 5.32 Å². The average Bonchev–Trinajstić information content (AvgIpc) is 3.15. The van der Waals surface area contributed by atoms with E-state index in [0.717, 1.165) is 29.3 Å². The molecule has 0 aliphatic carbocycles. The fourth-order valence-electron chi connectivity index (χ4n) is 2.70. The van der Waals surface area contributed by atoms with Gasteiger partial charge in [0.15, 0.2) is 0 Å². The van der Waals surface area contributed by atoms with Gasteiger partial charge in [-0.1, -0.05) is 43.7 Å². The minimum absolute atomic E-state index is 0.261. The summed E-state index contributed by atoms with van der Waals surface area (Å²) < 4.78 is 13.3. The molecule has 1 aromatic carbocycles. The summed E-state index contributed by atoms with van der Waals surface area (Å²) >= 11 is 1.58. The summed E-state index contributed by atoms with van der Waals surface area (Å²) in [4.78, 5) is 17.1. The predicted molar refractivity (Wildman–Crippen MR) is 98.3 cm³/mol. The van der Waals surface area contributed by atoms with E-state index in [-0.39, 0.29) is 17.5 Å². The molecule has 1 atom stereocenters. The Bertz CT molecular complexity index is 831. The van der Waals surface area contributed by atoms with Crippen LogP contribution in [0.3, 0.4) is 0 Å². The first-order chi connectivity index (χ1) is 12.2. The maximum absolute atomic E-state index is 13.3. The van der Waals surface area contributed by atoms with E-state index >= 15 is 0 Å². The van der Waals surface area contributed by atoms with Crippen molar-refractivity contribution in [2.45, 2.75) is 25.8 Å². The summed E-state index contributed by atoms with van der Waals surface area (Å²) in [5.74, 6) is -0.985. The van der Waals surface area contributed by atoms with Crippen LogP contribution in [0.15, 0.2) is 60.1 Å². The van der Waals surface area contributed by atoms with E-state index in [4.69, 9.17) is 0 Å². The van der Waals surface area contributed by atoms with Gasteiger partial charge in [0.25, 0.3) is 5.91 Å². The molecule has 3 nitrogen and oxygen atoms in total. The molecule has 0 radical (unpaired) electrons. The second kappa shape index (κ2) is 8.03. The molecule has 2 aromatic heterocycles. The molecule has 0 fully saturated rings. The molecule has 0 aliphatic heterocycles. The summed E-state index contributed by atoms with van der Waals surface area (Å²) in [5.41, 5.74) is 2.54. The minimum atomic E-state index is -0.663. The van der Waals surface area contributed by atoms with Crippen LogP contribution in [0, 0.1) is 5.95 Å². The van der Waals surface area contributed by atoms with Crippen molar-refractivity contribution in [3.63, 3.8) is 0 Å². The van der Waals surface area contributed by atoms with Gasteiger partial charge in [0, 0.05) is 22.7 Å². The van der Waals surface area contributed by atoms with Crippen molar-refractivity contribution in [3.05, 3.63) is 87.6 Å².